The number of rotatable bonds is 3. The third kappa shape index (κ3) is 2.83. The Balaban J connectivity index is 2.35. The predicted molar refractivity (Wildman–Crippen MR) is 69.9 cm³/mol. The maximum atomic E-state index is 13.5. The van der Waals surface area contributed by atoms with Gasteiger partial charge in [-0.1, -0.05) is 24.3 Å². The van der Waals surface area contributed by atoms with E-state index in [0.29, 0.717) is 0 Å². The largest absolute Gasteiger partial charge is 0.545 e. The highest BCUT2D eigenvalue weighted by Gasteiger charge is 2.13. The Kier molecular flexibility index (Phi) is 3.79. The second-order valence-electron chi connectivity index (χ2n) is 4.27. The number of halogens is 1. The molecule has 1 N–H and O–H groups in total. The third-order valence-corrected chi connectivity index (χ3v) is 2.76. The summed E-state index contributed by atoms with van der Waals surface area (Å²) in [6.45, 7) is 1.75. The van der Waals surface area contributed by atoms with E-state index in [9.17, 15) is 19.1 Å². The van der Waals surface area contributed by atoms with Gasteiger partial charge in [0.25, 0.3) is 5.91 Å². The topological polar surface area (TPSA) is 69.2 Å². The molecule has 0 heterocycles. The summed E-state index contributed by atoms with van der Waals surface area (Å²) in [5, 5.41) is 13.4. The monoisotopic (exact) mass is 272 g/mol. The van der Waals surface area contributed by atoms with Gasteiger partial charge in [0.1, 0.15) is 5.82 Å². The normalized spacial score (nSPS) is 10.1. The maximum absolute atomic E-state index is 13.5. The first-order valence-electron chi connectivity index (χ1n) is 5.87. The van der Waals surface area contributed by atoms with Crippen LogP contribution in [0.15, 0.2) is 42.5 Å². The quantitative estimate of drug-likeness (QED) is 0.925. The van der Waals surface area contributed by atoms with Crippen LogP contribution >= 0.6 is 0 Å². The van der Waals surface area contributed by atoms with Gasteiger partial charge in [-0.25, -0.2) is 4.39 Å². The van der Waals surface area contributed by atoms with E-state index in [4.69, 9.17) is 0 Å². The van der Waals surface area contributed by atoms with Crippen LogP contribution in [0, 0.1) is 12.7 Å². The number of anilines is 1. The molecule has 2 aromatic carbocycles. The minimum Gasteiger partial charge on any atom is -0.545 e. The lowest BCUT2D eigenvalue weighted by atomic mass is 10.1. The summed E-state index contributed by atoms with van der Waals surface area (Å²) in [6.07, 6.45) is 0. The molecular weight excluding hydrogens is 261 g/mol. The zero-order valence-corrected chi connectivity index (χ0v) is 10.6. The molecule has 0 bridgehead atoms. The van der Waals surface area contributed by atoms with Crippen molar-refractivity contribution in [2.75, 3.05) is 5.32 Å². The first-order chi connectivity index (χ1) is 9.49. The number of carbonyl (C=O) groups excluding carboxylic acids is 2. The number of carboxylic acid groups (broad SMARTS) is 1. The molecule has 0 aliphatic rings. The Morgan fingerprint density at radius 2 is 1.80 bits per heavy atom. The highest BCUT2D eigenvalue weighted by atomic mass is 19.1. The average molecular weight is 272 g/mol. The standard InChI is InChI=1S/C15H12FNO3/c1-9-6-7-11(15(19)20)13(8-9)17-14(18)10-4-2-3-5-12(10)16/h2-8H,1H3,(H,17,18)(H,19,20)/p-1. The molecule has 0 unspecified atom stereocenters. The van der Waals surface area contributed by atoms with Crippen molar-refractivity contribution in [2.24, 2.45) is 0 Å². The number of nitrogens with one attached hydrogen (secondary N) is 1. The van der Waals surface area contributed by atoms with E-state index >= 15 is 0 Å². The predicted octanol–water partition coefficient (Wildman–Crippen LogP) is 1.75. The van der Waals surface area contributed by atoms with Crippen LogP contribution in [-0.4, -0.2) is 11.9 Å². The zero-order chi connectivity index (χ0) is 14.7. The molecule has 2 aromatic rings. The maximum Gasteiger partial charge on any atom is 0.258 e. The van der Waals surface area contributed by atoms with Gasteiger partial charge >= 0.3 is 0 Å². The Morgan fingerprint density at radius 3 is 2.45 bits per heavy atom. The van der Waals surface area contributed by atoms with Gasteiger partial charge in [-0.15, -0.1) is 0 Å². The second kappa shape index (κ2) is 5.52. The minimum absolute atomic E-state index is 0.0817. The number of hydrogen-bond donors (Lipinski definition) is 1. The van der Waals surface area contributed by atoms with Crippen molar-refractivity contribution in [3.05, 3.63) is 65.0 Å². The number of hydrogen-bond acceptors (Lipinski definition) is 3. The van der Waals surface area contributed by atoms with E-state index in [0.717, 1.165) is 11.6 Å². The van der Waals surface area contributed by atoms with Crippen molar-refractivity contribution in [3.63, 3.8) is 0 Å². The van der Waals surface area contributed by atoms with E-state index in [1.807, 2.05) is 0 Å². The molecule has 0 fully saturated rings. The summed E-state index contributed by atoms with van der Waals surface area (Å²) in [5.41, 5.74) is 0.538. The second-order valence-corrected chi connectivity index (χ2v) is 4.27. The van der Waals surface area contributed by atoms with Crippen LogP contribution in [0.1, 0.15) is 26.3 Å². The van der Waals surface area contributed by atoms with E-state index in [2.05, 4.69) is 5.32 Å². The minimum atomic E-state index is -1.41. The fourth-order valence-corrected chi connectivity index (χ4v) is 1.77. The van der Waals surface area contributed by atoms with E-state index in [1.165, 1.54) is 30.3 Å². The number of amides is 1. The lowest BCUT2D eigenvalue weighted by molar-refractivity contribution is -0.254. The summed E-state index contributed by atoms with van der Waals surface area (Å²) in [7, 11) is 0. The summed E-state index contributed by atoms with van der Waals surface area (Å²) in [6, 6.07) is 9.87. The van der Waals surface area contributed by atoms with Crippen LogP contribution in [0.25, 0.3) is 0 Å². The smallest absolute Gasteiger partial charge is 0.258 e. The van der Waals surface area contributed by atoms with Crippen LogP contribution in [-0.2, 0) is 0 Å². The summed E-state index contributed by atoms with van der Waals surface area (Å²) >= 11 is 0. The van der Waals surface area contributed by atoms with Gasteiger partial charge in [-0.3, -0.25) is 4.79 Å². The fourth-order valence-electron chi connectivity index (χ4n) is 1.77. The Bertz CT molecular complexity index is 683. The molecule has 0 radical (unpaired) electrons. The molecule has 0 aromatic heterocycles. The Hall–Kier alpha value is -2.69. The van der Waals surface area contributed by atoms with Crippen molar-refractivity contribution in [1.82, 2.24) is 0 Å². The van der Waals surface area contributed by atoms with Crippen molar-refractivity contribution < 1.29 is 19.1 Å². The summed E-state index contributed by atoms with van der Waals surface area (Å²) in [5.74, 6) is -2.79. The third-order valence-electron chi connectivity index (χ3n) is 2.76. The molecule has 0 aliphatic heterocycles. The van der Waals surface area contributed by atoms with Crippen molar-refractivity contribution in [1.29, 1.82) is 0 Å². The molecule has 0 aliphatic carbocycles. The first kappa shape index (κ1) is 13.7. The molecular formula is C15H11FNO3-. The highest BCUT2D eigenvalue weighted by Crippen LogP contribution is 2.18. The van der Waals surface area contributed by atoms with Crippen LogP contribution in [0.4, 0.5) is 10.1 Å². The van der Waals surface area contributed by atoms with Gasteiger partial charge in [0.15, 0.2) is 0 Å². The Labute approximate surface area is 114 Å². The Morgan fingerprint density at radius 1 is 1.10 bits per heavy atom. The molecule has 2 rings (SSSR count). The van der Waals surface area contributed by atoms with Gasteiger partial charge in [0, 0.05) is 5.56 Å². The number of carbonyl (C=O) groups is 2. The van der Waals surface area contributed by atoms with Crippen molar-refractivity contribution in [2.45, 2.75) is 6.92 Å². The van der Waals surface area contributed by atoms with Crippen LogP contribution in [0.2, 0.25) is 0 Å². The molecule has 4 nitrogen and oxygen atoms in total. The number of benzene rings is 2. The fraction of sp³-hybridized carbons (Fsp3) is 0.0667. The van der Waals surface area contributed by atoms with Crippen LogP contribution < -0.4 is 10.4 Å². The molecule has 0 saturated carbocycles. The average Bonchev–Trinajstić information content (AvgIpc) is 2.38. The molecule has 102 valence electrons. The molecule has 0 atom stereocenters. The van der Waals surface area contributed by atoms with Crippen molar-refractivity contribution in [3.8, 4) is 0 Å². The van der Waals surface area contributed by atoms with Crippen molar-refractivity contribution >= 4 is 17.6 Å². The number of aromatic carboxylic acids is 1. The molecule has 20 heavy (non-hydrogen) atoms. The summed E-state index contributed by atoms with van der Waals surface area (Å²) < 4.78 is 13.5. The first-order valence-corrected chi connectivity index (χ1v) is 5.87. The summed E-state index contributed by atoms with van der Waals surface area (Å²) in [4.78, 5) is 22.9. The zero-order valence-electron chi connectivity index (χ0n) is 10.6. The van der Waals surface area contributed by atoms with E-state index < -0.39 is 17.7 Å². The molecule has 0 saturated heterocycles. The number of carboxylic acids is 1. The van der Waals surface area contributed by atoms with Gasteiger partial charge in [0.2, 0.25) is 0 Å². The van der Waals surface area contributed by atoms with Gasteiger partial charge in [0.05, 0.1) is 17.2 Å². The number of aryl methyl sites for hydroxylation is 1. The van der Waals surface area contributed by atoms with Gasteiger partial charge in [-0.2, -0.15) is 0 Å². The van der Waals surface area contributed by atoms with Gasteiger partial charge < -0.3 is 15.2 Å². The van der Waals surface area contributed by atoms with Crippen LogP contribution in [0.5, 0.6) is 0 Å². The van der Waals surface area contributed by atoms with Gasteiger partial charge in [-0.05, 0) is 30.7 Å². The lowest BCUT2D eigenvalue weighted by Crippen LogP contribution is -2.25. The van der Waals surface area contributed by atoms with E-state index in [1.54, 1.807) is 13.0 Å². The molecule has 1 amide bonds. The lowest BCUT2D eigenvalue weighted by Gasteiger charge is -2.13. The molecule has 0 spiro atoms. The highest BCUT2D eigenvalue weighted by molar-refractivity contribution is 6.07. The SMILES string of the molecule is Cc1ccc(C(=O)[O-])c(NC(=O)c2ccccc2F)c1. The van der Waals surface area contributed by atoms with E-state index in [-0.39, 0.29) is 16.8 Å². The van der Waals surface area contributed by atoms with Crippen LogP contribution in [0.3, 0.4) is 0 Å². The molecule has 5 heteroatoms.